The summed E-state index contributed by atoms with van der Waals surface area (Å²) in [5.41, 5.74) is 9.19. The van der Waals surface area contributed by atoms with Crippen molar-refractivity contribution in [3.05, 3.63) is 144 Å². The summed E-state index contributed by atoms with van der Waals surface area (Å²) in [7, 11) is 6.21. The van der Waals surface area contributed by atoms with Crippen LogP contribution in [0.2, 0.25) is 0 Å². The molecule has 0 aliphatic rings. The Kier molecular flexibility index (Phi) is 54.4. The molecule has 7 atom stereocenters. The number of Topliss-reactive ketones (excluding diaryl/α,β-unsaturated/α-hetero) is 4. The molecule has 7 unspecified atom stereocenters. The number of benzene rings is 4. The maximum Gasteiger partial charge on any atom is 0.243 e. The Labute approximate surface area is 704 Å². The SMILES string of the molecule is COCCOCCCNC(=O)CCC(=O)C(Cc1ccccc1)NC(=O)CCC(NC(=O)CCC(N)C(=O)NC(CCC(=O)NC(Cc1ccccc1)C(=O)CCC(=O)NCCCOCCOC)C(=O)NC(Cc1ccccc1)C(=O)CCC(=O)NCCCOCCOC)C(=O)NC(Cc1ccccc1)C(=O)CCC(=O)NCCCOCCOC. The first-order valence-corrected chi connectivity index (χ1v) is 41.3. The number of hydrogen-bond acceptors (Lipinski definition) is 23. The molecule has 0 aliphatic carbocycles. The number of nitrogens with one attached hydrogen (secondary N) is 10. The highest BCUT2D eigenvalue weighted by Crippen LogP contribution is 2.16. The zero-order valence-corrected chi connectivity index (χ0v) is 70.0. The average molecular weight is 1680 g/mol. The smallest absolute Gasteiger partial charge is 0.243 e. The van der Waals surface area contributed by atoms with Gasteiger partial charge in [0.05, 0.1) is 83.1 Å². The van der Waals surface area contributed by atoms with Gasteiger partial charge < -0.3 is 96.8 Å². The molecule has 4 aromatic carbocycles. The summed E-state index contributed by atoms with van der Waals surface area (Å²) in [5, 5.41) is 27.3. The predicted molar refractivity (Wildman–Crippen MR) is 446 cm³/mol. The molecule has 33 heteroatoms. The third-order valence-corrected chi connectivity index (χ3v) is 18.9. The van der Waals surface area contributed by atoms with Crippen molar-refractivity contribution in [2.45, 2.75) is 184 Å². The molecule has 0 aliphatic heterocycles. The number of nitrogens with two attached hydrogens (primary N) is 1. The first-order valence-electron chi connectivity index (χ1n) is 41.3. The van der Waals surface area contributed by atoms with Gasteiger partial charge in [-0.1, -0.05) is 121 Å². The van der Waals surface area contributed by atoms with Gasteiger partial charge in [-0.05, 0) is 92.9 Å². The summed E-state index contributed by atoms with van der Waals surface area (Å²) in [6.07, 6.45) is -2.90. The van der Waals surface area contributed by atoms with Crippen molar-refractivity contribution in [2.24, 2.45) is 5.73 Å². The van der Waals surface area contributed by atoms with Crippen molar-refractivity contribution in [1.29, 1.82) is 0 Å². The van der Waals surface area contributed by atoms with E-state index in [-0.39, 0.29) is 90.1 Å². The molecule has 12 N–H and O–H groups in total. The van der Waals surface area contributed by atoms with Crippen LogP contribution < -0.4 is 58.9 Å². The predicted octanol–water partition coefficient (Wildman–Crippen LogP) is 2.61. The third kappa shape index (κ3) is 47.6. The Bertz CT molecular complexity index is 3680. The first-order chi connectivity index (χ1) is 58.1. The van der Waals surface area contributed by atoms with Crippen LogP contribution in [0.4, 0.5) is 0 Å². The zero-order valence-electron chi connectivity index (χ0n) is 70.0. The van der Waals surface area contributed by atoms with Crippen molar-refractivity contribution in [2.75, 3.05) is 134 Å². The number of carbonyl (C=O) groups is 14. The molecule has 10 amide bonds. The maximum atomic E-state index is 14.9. The molecule has 0 radical (unpaired) electrons. The molecular formula is C87H127N11O22. The van der Waals surface area contributed by atoms with E-state index in [2.05, 4.69) is 53.2 Å². The molecule has 0 spiro atoms. The van der Waals surface area contributed by atoms with Crippen LogP contribution in [0.15, 0.2) is 121 Å². The molecule has 0 saturated heterocycles. The Balaban J connectivity index is 1.63. The normalized spacial score (nSPS) is 12.8. The number of amides is 10. The molecule has 0 aromatic heterocycles. The number of rotatable bonds is 70. The standard InChI is InChI=1S/C87H127N11O22/c1-113-51-55-117-47-17-43-89-78(103)39-32-74(99)70(59-63-21-9-5-10-22-63)94-83(108)37-30-68(86(111)97-72(61-65-25-13-7-14-26-65)76(101)34-41-80(105)91-45-19-49-119-57-53-115-3)93-82(107)36-29-67(88)85(110)96-69(87(112)98-73(62-66-27-15-8-16-28-66)77(102)35-42-81(106)92-46-20-50-120-58-54-116-4)31-38-84(109)95-71(60-64-23-11-6-12-24-64)75(100)33-40-79(104)90-44-18-48-118-56-52-114-2/h5-16,21-28,67-73H,17-20,29-62,88H2,1-4H3,(H,89,103)(H,90,104)(H,91,105)(H,92,106)(H,93,107)(H,94,108)(H,95,109)(H,96,110)(H,97,111)(H,98,112). The molecule has 0 saturated carbocycles. The van der Waals surface area contributed by atoms with Crippen LogP contribution in [0.1, 0.15) is 138 Å². The Morgan fingerprint density at radius 1 is 0.258 bits per heavy atom. The van der Waals surface area contributed by atoms with Crippen molar-refractivity contribution in [1.82, 2.24) is 53.2 Å². The molecule has 0 heterocycles. The van der Waals surface area contributed by atoms with E-state index in [9.17, 15) is 67.1 Å². The van der Waals surface area contributed by atoms with E-state index in [1.807, 2.05) is 0 Å². The summed E-state index contributed by atoms with van der Waals surface area (Å²) < 4.78 is 41.8. The van der Waals surface area contributed by atoms with Gasteiger partial charge >= 0.3 is 0 Å². The number of carbonyl (C=O) groups excluding carboxylic acids is 14. The first kappa shape index (κ1) is 102. The monoisotopic (exact) mass is 1680 g/mol. The van der Waals surface area contributed by atoms with Crippen molar-refractivity contribution < 1.29 is 105 Å². The minimum Gasteiger partial charge on any atom is -0.382 e. The minimum absolute atomic E-state index is 0.0284. The zero-order chi connectivity index (χ0) is 87.2. The minimum atomic E-state index is -1.63. The molecule has 0 bridgehead atoms. The van der Waals surface area contributed by atoms with Crippen molar-refractivity contribution >= 4 is 82.2 Å². The summed E-state index contributed by atoms with van der Waals surface area (Å²) in [6, 6.07) is 25.3. The van der Waals surface area contributed by atoms with Gasteiger partial charge in [-0.15, -0.1) is 0 Å². The largest absolute Gasteiger partial charge is 0.382 e. The Morgan fingerprint density at radius 3 is 0.758 bits per heavy atom. The van der Waals surface area contributed by atoms with Crippen LogP contribution >= 0.6 is 0 Å². The summed E-state index contributed by atoms with van der Waals surface area (Å²) >= 11 is 0. The quantitative estimate of drug-likeness (QED) is 0.0283. The fourth-order valence-corrected chi connectivity index (χ4v) is 12.1. The highest BCUT2D eigenvalue weighted by atomic mass is 16.5. The van der Waals surface area contributed by atoms with Crippen LogP contribution in [-0.2, 0) is 131 Å². The highest BCUT2D eigenvalue weighted by Gasteiger charge is 2.33. The van der Waals surface area contributed by atoms with Gasteiger partial charge in [0, 0.05) is 152 Å². The van der Waals surface area contributed by atoms with E-state index in [1.165, 1.54) is 0 Å². The lowest BCUT2D eigenvalue weighted by atomic mass is 9.98. The Hall–Kier alpha value is -10.1. The summed E-state index contributed by atoms with van der Waals surface area (Å²) in [5.74, 6) is -8.83. The second-order valence-corrected chi connectivity index (χ2v) is 28.6. The van der Waals surface area contributed by atoms with Crippen LogP contribution in [-0.4, -0.2) is 258 Å². The van der Waals surface area contributed by atoms with Gasteiger partial charge in [0.15, 0.2) is 23.1 Å². The average Bonchev–Trinajstić information content (AvgIpc) is 0.870. The van der Waals surface area contributed by atoms with Gasteiger partial charge in [0.2, 0.25) is 59.1 Å². The molecule has 4 rings (SSSR count). The summed E-state index contributed by atoms with van der Waals surface area (Å²) in [6.45, 7) is 5.73. The number of ketones is 4. The van der Waals surface area contributed by atoms with E-state index in [0.717, 1.165) is 0 Å². The lowest BCUT2D eigenvalue weighted by molar-refractivity contribution is -0.133. The van der Waals surface area contributed by atoms with E-state index in [0.29, 0.717) is 140 Å². The lowest BCUT2D eigenvalue weighted by Crippen LogP contribution is -2.55. The van der Waals surface area contributed by atoms with Crippen molar-refractivity contribution in [3.8, 4) is 0 Å². The highest BCUT2D eigenvalue weighted by molar-refractivity contribution is 5.98. The second kappa shape index (κ2) is 63.9. The second-order valence-electron chi connectivity index (χ2n) is 28.6. The van der Waals surface area contributed by atoms with Crippen LogP contribution in [0, 0.1) is 0 Å². The summed E-state index contributed by atoms with van der Waals surface area (Å²) in [4.78, 5) is 195. The third-order valence-electron chi connectivity index (χ3n) is 18.9. The molecule has 0 fully saturated rings. The van der Waals surface area contributed by atoms with Crippen LogP contribution in [0.3, 0.4) is 0 Å². The van der Waals surface area contributed by atoms with Gasteiger partial charge in [0.25, 0.3) is 0 Å². The molecule has 120 heavy (non-hydrogen) atoms. The Morgan fingerprint density at radius 2 is 0.492 bits per heavy atom. The van der Waals surface area contributed by atoms with Gasteiger partial charge in [-0.2, -0.15) is 0 Å². The fraction of sp³-hybridized carbons (Fsp3) is 0.563. The lowest BCUT2D eigenvalue weighted by Gasteiger charge is -2.25. The topological polar surface area (TPSA) is 459 Å². The van der Waals surface area contributed by atoms with Crippen LogP contribution in [0.5, 0.6) is 0 Å². The molecular weight excluding hydrogens is 1550 g/mol. The van der Waals surface area contributed by atoms with E-state index >= 15 is 0 Å². The number of hydrogen-bond donors (Lipinski definition) is 11. The van der Waals surface area contributed by atoms with E-state index < -0.39 is 163 Å². The van der Waals surface area contributed by atoms with Gasteiger partial charge in [0.1, 0.15) is 12.1 Å². The van der Waals surface area contributed by atoms with Gasteiger partial charge in [-0.3, -0.25) is 67.1 Å². The molecule has 662 valence electrons. The molecule has 4 aromatic rings. The van der Waals surface area contributed by atoms with Crippen LogP contribution in [0.25, 0.3) is 0 Å². The fourth-order valence-electron chi connectivity index (χ4n) is 12.1. The van der Waals surface area contributed by atoms with Gasteiger partial charge in [-0.25, -0.2) is 0 Å². The van der Waals surface area contributed by atoms with E-state index in [1.54, 1.807) is 150 Å². The van der Waals surface area contributed by atoms with Crippen molar-refractivity contribution in [3.63, 3.8) is 0 Å². The maximum absolute atomic E-state index is 14.9. The number of methoxy groups -OCH3 is 4. The molecule has 33 nitrogen and oxygen atoms in total. The van der Waals surface area contributed by atoms with E-state index in [4.69, 9.17) is 43.6 Å². The number of ether oxygens (including phenoxy) is 8.